The SMILES string of the molecule is Cc1cc(=O)cc(CC(=O)O)[nH]1. The summed E-state index contributed by atoms with van der Waals surface area (Å²) >= 11 is 0. The standard InChI is InChI=1S/C8H9NO3/c1-5-2-7(10)3-6(9-5)4-8(11)12/h2-3H,4H2,1H3,(H,9,10)(H,11,12). The molecule has 1 heterocycles. The molecule has 0 aromatic carbocycles. The Morgan fingerprint density at radius 2 is 2.25 bits per heavy atom. The number of aromatic nitrogens is 1. The smallest absolute Gasteiger partial charge is 0.309 e. The van der Waals surface area contributed by atoms with E-state index in [9.17, 15) is 9.59 Å². The first-order chi connectivity index (χ1) is 5.58. The number of carbonyl (C=O) groups is 1. The highest BCUT2D eigenvalue weighted by atomic mass is 16.4. The van der Waals surface area contributed by atoms with Crippen LogP contribution in [0.25, 0.3) is 0 Å². The second-order valence-corrected chi connectivity index (χ2v) is 2.59. The largest absolute Gasteiger partial charge is 0.481 e. The van der Waals surface area contributed by atoms with Crippen LogP contribution in [-0.4, -0.2) is 16.1 Å². The second-order valence-electron chi connectivity index (χ2n) is 2.59. The number of rotatable bonds is 2. The fraction of sp³-hybridized carbons (Fsp3) is 0.250. The predicted molar refractivity (Wildman–Crippen MR) is 43.1 cm³/mol. The van der Waals surface area contributed by atoms with Crippen molar-refractivity contribution in [3.05, 3.63) is 33.7 Å². The van der Waals surface area contributed by atoms with Crippen LogP contribution in [0.15, 0.2) is 16.9 Å². The summed E-state index contributed by atoms with van der Waals surface area (Å²) in [5, 5.41) is 8.43. The van der Waals surface area contributed by atoms with Gasteiger partial charge < -0.3 is 10.1 Å². The summed E-state index contributed by atoms with van der Waals surface area (Å²) in [6.45, 7) is 1.72. The molecule has 12 heavy (non-hydrogen) atoms. The summed E-state index contributed by atoms with van der Waals surface area (Å²) in [4.78, 5) is 23.9. The van der Waals surface area contributed by atoms with Gasteiger partial charge >= 0.3 is 5.97 Å². The molecule has 0 atom stereocenters. The normalized spacial score (nSPS) is 9.75. The highest BCUT2D eigenvalue weighted by Gasteiger charge is 2.01. The van der Waals surface area contributed by atoms with E-state index < -0.39 is 5.97 Å². The molecular formula is C8H9NO3. The Morgan fingerprint density at radius 3 is 2.75 bits per heavy atom. The number of pyridine rings is 1. The molecule has 0 aliphatic rings. The molecular weight excluding hydrogens is 158 g/mol. The highest BCUT2D eigenvalue weighted by Crippen LogP contribution is 1.94. The first kappa shape index (κ1) is 8.52. The Hall–Kier alpha value is -1.58. The molecule has 2 N–H and O–H groups in total. The van der Waals surface area contributed by atoms with Crippen LogP contribution in [0.1, 0.15) is 11.4 Å². The van der Waals surface area contributed by atoms with Crippen molar-refractivity contribution < 1.29 is 9.90 Å². The molecule has 0 spiro atoms. The summed E-state index contributed by atoms with van der Waals surface area (Å²) in [6.07, 6.45) is -0.142. The fourth-order valence-corrected chi connectivity index (χ4v) is 1.01. The summed E-state index contributed by atoms with van der Waals surface area (Å²) in [5.74, 6) is -0.948. The minimum atomic E-state index is -0.948. The maximum Gasteiger partial charge on any atom is 0.309 e. The second kappa shape index (κ2) is 3.21. The minimum Gasteiger partial charge on any atom is -0.481 e. The maximum atomic E-state index is 10.9. The van der Waals surface area contributed by atoms with E-state index >= 15 is 0 Å². The van der Waals surface area contributed by atoms with E-state index in [1.807, 2.05) is 0 Å². The summed E-state index contributed by atoms with van der Waals surface area (Å²) in [6, 6.07) is 2.71. The predicted octanol–water partition coefficient (Wildman–Crippen LogP) is 0.310. The van der Waals surface area contributed by atoms with Crippen molar-refractivity contribution in [1.82, 2.24) is 4.98 Å². The monoisotopic (exact) mass is 167 g/mol. The van der Waals surface area contributed by atoms with Gasteiger partial charge in [0.05, 0.1) is 6.42 Å². The minimum absolute atomic E-state index is 0.142. The number of hydrogen-bond acceptors (Lipinski definition) is 2. The van der Waals surface area contributed by atoms with Crippen LogP contribution in [0.4, 0.5) is 0 Å². The molecule has 0 aliphatic heterocycles. The summed E-state index contributed by atoms with van der Waals surface area (Å²) in [5.41, 5.74) is 0.953. The highest BCUT2D eigenvalue weighted by molar-refractivity contribution is 5.69. The third-order valence-corrected chi connectivity index (χ3v) is 1.37. The van der Waals surface area contributed by atoms with Crippen molar-refractivity contribution >= 4 is 5.97 Å². The lowest BCUT2D eigenvalue weighted by Gasteiger charge is -1.98. The average molecular weight is 167 g/mol. The molecule has 0 unspecified atom stereocenters. The Bertz CT molecular complexity index is 354. The molecule has 0 fully saturated rings. The van der Waals surface area contributed by atoms with E-state index in [0.717, 1.165) is 0 Å². The molecule has 1 aromatic heterocycles. The van der Waals surface area contributed by atoms with Gasteiger partial charge in [-0.2, -0.15) is 0 Å². The molecule has 0 saturated heterocycles. The third kappa shape index (κ3) is 2.23. The van der Waals surface area contributed by atoms with Crippen molar-refractivity contribution in [3.63, 3.8) is 0 Å². The molecule has 4 nitrogen and oxygen atoms in total. The molecule has 1 aromatic rings. The van der Waals surface area contributed by atoms with Gasteiger partial charge in [-0.1, -0.05) is 0 Å². The zero-order chi connectivity index (χ0) is 9.14. The van der Waals surface area contributed by atoms with E-state index in [0.29, 0.717) is 11.4 Å². The Labute approximate surface area is 68.9 Å². The van der Waals surface area contributed by atoms with Crippen molar-refractivity contribution in [1.29, 1.82) is 0 Å². The van der Waals surface area contributed by atoms with Gasteiger partial charge in [0.15, 0.2) is 5.43 Å². The third-order valence-electron chi connectivity index (χ3n) is 1.37. The number of hydrogen-bond donors (Lipinski definition) is 2. The topological polar surface area (TPSA) is 70.2 Å². The van der Waals surface area contributed by atoms with Gasteiger partial charge in [0, 0.05) is 23.5 Å². The molecule has 64 valence electrons. The number of carboxylic acid groups (broad SMARTS) is 1. The molecule has 0 amide bonds. The first-order valence-corrected chi connectivity index (χ1v) is 3.49. The van der Waals surface area contributed by atoms with Crippen LogP contribution < -0.4 is 5.43 Å². The zero-order valence-electron chi connectivity index (χ0n) is 6.63. The Morgan fingerprint density at radius 1 is 1.58 bits per heavy atom. The lowest BCUT2D eigenvalue weighted by atomic mass is 10.2. The van der Waals surface area contributed by atoms with Crippen LogP contribution in [0, 0.1) is 6.92 Å². The quantitative estimate of drug-likeness (QED) is 0.666. The van der Waals surface area contributed by atoms with Crippen molar-refractivity contribution in [2.75, 3.05) is 0 Å². The Balaban J connectivity index is 3.01. The van der Waals surface area contributed by atoms with Crippen LogP contribution in [0.5, 0.6) is 0 Å². The molecule has 1 rings (SSSR count). The number of H-pyrrole nitrogens is 1. The molecule has 0 aliphatic carbocycles. The van der Waals surface area contributed by atoms with Gasteiger partial charge in [0.25, 0.3) is 0 Å². The van der Waals surface area contributed by atoms with E-state index in [1.54, 1.807) is 6.92 Å². The molecule has 4 heteroatoms. The van der Waals surface area contributed by atoms with Crippen molar-refractivity contribution in [3.8, 4) is 0 Å². The lowest BCUT2D eigenvalue weighted by Crippen LogP contribution is -2.08. The maximum absolute atomic E-state index is 10.9. The van der Waals surface area contributed by atoms with Crippen LogP contribution in [0.2, 0.25) is 0 Å². The molecule has 0 saturated carbocycles. The van der Waals surface area contributed by atoms with Gasteiger partial charge in [0.2, 0.25) is 0 Å². The van der Waals surface area contributed by atoms with Crippen molar-refractivity contribution in [2.45, 2.75) is 13.3 Å². The summed E-state index contributed by atoms with van der Waals surface area (Å²) < 4.78 is 0. The number of carboxylic acids is 1. The number of aryl methyl sites for hydroxylation is 1. The van der Waals surface area contributed by atoms with Gasteiger partial charge in [0.1, 0.15) is 0 Å². The molecule has 0 bridgehead atoms. The van der Waals surface area contributed by atoms with Crippen LogP contribution in [-0.2, 0) is 11.2 Å². The fourth-order valence-electron chi connectivity index (χ4n) is 1.01. The lowest BCUT2D eigenvalue weighted by molar-refractivity contribution is -0.136. The van der Waals surface area contributed by atoms with Crippen LogP contribution >= 0.6 is 0 Å². The van der Waals surface area contributed by atoms with Crippen molar-refractivity contribution in [2.24, 2.45) is 0 Å². The summed E-state index contributed by atoms with van der Waals surface area (Å²) in [7, 11) is 0. The van der Waals surface area contributed by atoms with E-state index in [1.165, 1.54) is 12.1 Å². The number of nitrogens with one attached hydrogen (secondary N) is 1. The van der Waals surface area contributed by atoms with Gasteiger partial charge in [-0.15, -0.1) is 0 Å². The van der Waals surface area contributed by atoms with E-state index in [-0.39, 0.29) is 11.8 Å². The van der Waals surface area contributed by atoms with Gasteiger partial charge in [-0.3, -0.25) is 9.59 Å². The van der Waals surface area contributed by atoms with E-state index in [2.05, 4.69) is 4.98 Å². The Kier molecular flexibility index (Phi) is 2.28. The van der Waals surface area contributed by atoms with Gasteiger partial charge in [-0.25, -0.2) is 0 Å². The van der Waals surface area contributed by atoms with Gasteiger partial charge in [-0.05, 0) is 6.92 Å². The zero-order valence-corrected chi connectivity index (χ0v) is 6.63. The van der Waals surface area contributed by atoms with Crippen LogP contribution in [0.3, 0.4) is 0 Å². The number of aliphatic carboxylic acids is 1. The average Bonchev–Trinajstić information content (AvgIpc) is 1.81. The molecule has 0 radical (unpaired) electrons. The number of aromatic amines is 1. The first-order valence-electron chi connectivity index (χ1n) is 3.49. The van der Waals surface area contributed by atoms with E-state index in [4.69, 9.17) is 5.11 Å².